The van der Waals surface area contributed by atoms with Gasteiger partial charge in [0.25, 0.3) is 0 Å². The zero-order chi connectivity index (χ0) is 10.8. The minimum absolute atomic E-state index is 0.580. The molecule has 0 radical (unpaired) electrons. The van der Waals surface area contributed by atoms with Gasteiger partial charge in [-0.1, -0.05) is 34.6 Å². The van der Waals surface area contributed by atoms with Gasteiger partial charge in [0.15, 0.2) is 0 Å². The second kappa shape index (κ2) is 4.22. The van der Waals surface area contributed by atoms with E-state index in [0.717, 1.165) is 0 Å². The zero-order valence-electron chi connectivity index (χ0n) is 10.7. The molecule has 0 N–H and O–H groups in total. The fourth-order valence-electron chi connectivity index (χ4n) is 3.43. The van der Waals surface area contributed by atoms with Gasteiger partial charge < -0.3 is 0 Å². The Bertz CT molecular complexity index is 186. The van der Waals surface area contributed by atoms with Gasteiger partial charge in [-0.3, -0.25) is 4.90 Å². The van der Waals surface area contributed by atoms with E-state index in [-0.39, 0.29) is 0 Å². The van der Waals surface area contributed by atoms with E-state index in [2.05, 4.69) is 25.7 Å². The summed E-state index contributed by atoms with van der Waals surface area (Å²) in [6, 6.07) is 0. The summed E-state index contributed by atoms with van der Waals surface area (Å²) in [6.45, 7) is 13.9. The molecule has 0 aliphatic carbocycles. The Hall–Kier alpha value is -0.0400. The van der Waals surface area contributed by atoms with E-state index in [1.807, 2.05) is 13.8 Å². The smallest absolute Gasteiger partial charge is 0.0213 e. The van der Waals surface area contributed by atoms with Gasteiger partial charge >= 0.3 is 0 Å². The first kappa shape index (κ1) is 12.0. The van der Waals surface area contributed by atoms with Gasteiger partial charge in [-0.2, -0.15) is 0 Å². The number of fused-ring (bicyclic) bond motifs is 1. The lowest BCUT2D eigenvalue weighted by Gasteiger charge is -2.30. The van der Waals surface area contributed by atoms with Gasteiger partial charge in [0.2, 0.25) is 0 Å². The van der Waals surface area contributed by atoms with Crippen LogP contribution in [0, 0.1) is 5.41 Å². The van der Waals surface area contributed by atoms with Crippen molar-refractivity contribution in [2.75, 3.05) is 13.1 Å². The van der Waals surface area contributed by atoms with Crippen LogP contribution in [0.2, 0.25) is 0 Å². The maximum atomic E-state index is 2.74. The highest BCUT2D eigenvalue weighted by Crippen LogP contribution is 2.48. The lowest BCUT2D eigenvalue weighted by atomic mass is 9.81. The molecule has 0 aromatic heterocycles. The van der Waals surface area contributed by atoms with Crippen LogP contribution >= 0.6 is 0 Å². The van der Waals surface area contributed by atoms with Crippen molar-refractivity contribution in [3.8, 4) is 0 Å². The van der Waals surface area contributed by atoms with E-state index in [4.69, 9.17) is 0 Å². The summed E-state index contributed by atoms with van der Waals surface area (Å²) in [5.74, 6) is 0. The van der Waals surface area contributed by atoms with Gasteiger partial charge in [-0.15, -0.1) is 0 Å². The molecule has 2 aliphatic rings. The molecule has 2 saturated heterocycles. The van der Waals surface area contributed by atoms with Crippen molar-refractivity contribution in [1.29, 1.82) is 0 Å². The summed E-state index contributed by atoms with van der Waals surface area (Å²) in [4.78, 5) is 2.74. The molecular formula is C13H27N. The molecule has 2 fully saturated rings. The van der Waals surface area contributed by atoms with Gasteiger partial charge in [-0.25, -0.2) is 0 Å². The number of hydrogen-bond donors (Lipinski definition) is 0. The lowest BCUT2D eigenvalue weighted by Crippen LogP contribution is -2.37. The fraction of sp³-hybridized carbons (Fsp3) is 1.00. The molecule has 2 heterocycles. The van der Waals surface area contributed by atoms with Crippen LogP contribution < -0.4 is 0 Å². The van der Waals surface area contributed by atoms with Gasteiger partial charge in [0, 0.05) is 12.1 Å². The van der Waals surface area contributed by atoms with Crippen LogP contribution in [0.15, 0.2) is 0 Å². The third-order valence-corrected chi connectivity index (χ3v) is 3.83. The Morgan fingerprint density at radius 2 is 1.86 bits per heavy atom. The van der Waals surface area contributed by atoms with Crippen molar-refractivity contribution in [3.05, 3.63) is 0 Å². The maximum absolute atomic E-state index is 2.74. The summed E-state index contributed by atoms with van der Waals surface area (Å²) in [5, 5.41) is 0. The minimum Gasteiger partial charge on any atom is -0.297 e. The molecule has 0 bridgehead atoms. The normalized spacial score (nSPS) is 34.9. The highest BCUT2D eigenvalue weighted by Gasteiger charge is 2.49. The molecule has 14 heavy (non-hydrogen) atoms. The highest BCUT2D eigenvalue weighted by molar-refractivity contribution is 5.05. The summed E-state index contributed by atoms with van der Waals surface area (Å²) in [5.41, 5.74) is 1.19. The van der Waals surface area contributed by atoms with Crippen LogP contribution in [0.25, 0.3) is 0 Å². The zero-order valence-corrected chi connectivity index (χ0v) is 10.7. The predicted molar refractivity (Wildman–Crippen MR) is 63.6 cm³/mol. The number of rotatable bonds is 1. The number of nitrogens with zero attached hydrogens (tertiary/aromatic N) is 1. The fourth-order valence-corrected chi connectivity index (χ4v) is 3.43. The molecule has 2 aliphatic heterocycles. The van der Waals surface area contributed by atoms with Crippen molar-refractivity contribution < 1.29 is 0 Å². The van der Waals surface area contributed by atoms with Crippen LogP contribution in [0.5, 0.6) is 0 Å². The standard InChI is InChI=1S/C11H21N.C2H6/c1-4-11-6-5-7-12(11)9-10(2,3)8-11;1-2/h4-9H2,1-3H3;1-2H3. The van der Waals surface area contributed by atoms with Crippen LogP contribution in [0.4, 0.5) is 0 Å². The SMILES string of the molecule is CC.CCC12CCCN1CC(C)(C)C2. The molecule has 1 heteroatoms. The Kier molecular flexibility index (Phi) is 3.63. The van der Waals surface area contributed by atoms with Crippen molar-refractivity contribution in [2.24, 2.45) is 5.41 Å². The first-order chi connectivity index (χ1) is 6.58. The highest BCUT2D eigenvalue weighted by atomic mass is 15.2. The first-order valence-electron chi connectivity index (χ1n) is 6.33. The van der Waals surface area contributed by atoms with Gasteiger partial charge in [0.05, 0.1) is 0 Å². The van der Waals surface area contributed by atoms with E-state index in [1.165, 1.54) is 38.8 Å². The Labute approximate surface area is 89.9 Å². The van der Waals surface area contributed by atoms with Crippen LogP contribution in [0.1, 0.15) is 60.3 Å². The topological polar surface area (TPSA) is 3.24 Å². The van der Waals surface area contributed by atoms with Crippen molar-refractivity contribution in [1.82, 2.24) is 4.90 Å². The molecule has 0 aromatic carbocycles. The second-order valence-electron chi connectivity index (χ2n) is 5.44. The van der Waals surface area contributed by atoms with Crippen LogP contribution in [-0.4, -0.2) is 23.5 Å². The monoisotopic (exact) mass is 197 g/mol. The van der Waals surface area contributed by atoms with Crippen LogP contribution in [-0.2, 0) is 0 Å². The van der Waals surface area contributed by atoms with E-state index in [9.17, 15) is 0 Å². The average molecular weight is 197 g/mol. The van der Waals surface area contributed by atoms with E-state index < -0.39 is 0 Å². The summed E-state index contributed by atoms with van der Waals surface area (Å²) < 4.78 is 0. The van der Waals surface area contributed by atoms with Crippen LogP contribution in [0.3, 0.4) is 0 Å². The van der Waals surface area contributed by atoms with Crippen molar-refractivity contribution in [3.63, 3.8) is 0 Å². The van der Waals surface area contributed by atoms with Crippen molar-refractivity contribution in [2.45, 2.75) is 65.8 Å². The first-order valence-corrected chi connectivity index (χ1v) is 6.33. The third-order valence-electron chi connectivity index (χ3n) is 3.83. The Morgan fingerprint density at radius 1 is 1.21 bits per heavy atom. The maximum Gasteiger partial charge on any atom is 0.0213 e. The molecule has 0 aromatic rings. The van der Waals surface area contributed by atoms with Gasteiger partial charge in [-0.05, 0) is 37.6 Å². The van der Waals surface area contributed by atoms with Crippen molar-refractivity contribution >= 4 is 0 Å². The second-order valence-corrected chi connectivity index (χ2v) is 5.44. The number of hydrogen-bond acceptors (Lipinski definition) is 1. The Morgan fingerprint density at radius 3 is 2.36 bits per heavy atom. The third kappa shape index (κ3) is 1.98. The molecule has 0 spiro atoms. The van der Waals surface area contributed by atoms with E-state index >= 15 is 0 Å². The predicted octanol–water partition coefficient (Wildman–Crippen LogP) is 3.69. The molecule has 0 saturated carbocycles. The summed E-state index contributed by atoms with van der Waals surface area (Å²) in [6.07, 6.45) is 5.67. The molecule has 1 atom stereocenters. The summed E-state index contributed by atoms with van der Waals surface area (Å²) >= 11 is 0. The lowest BCUT2D eigenvalue weighted by molar-refractivity contribution is 0.189. The molecular weight excluding hydrogens is 170 g/mol. The average Bonchev–Trinajstić information content (AvgIpc) is 2.61. The molecule has 84 valence electrons. The molecule has 1 unspecified atom stereocenters. The summed E-state index contributed by atoms with van der Waals surface area (Å²) in [7, 11) is 0. The van der Waals surface area contributed by atoms with E-state index in [1.54, 1.807) is 0 Å². The quantitative estimate of drug-likeness (QED) is 0.620. The van der Waals surface area contributed by atoms with E-state index in [0.29, 0.717) is 11.0 Å². The largest absolute Gasteiger partial charge is 0.297 e. The molecule has 1 nitrogen and oxygen atoms in total. The molecule has 0 amide bonds. The Balaban J connectivity index is 0.000000461. The van der Waals surface area contributed by atoms with Gasteiger partial charge in [0.1, 0.15) is 0 Å². The minimum atomic E-state index is 0.580. The molecule has 2 rings (SSSR count).